The maximum absolute atomic E-state index is 13.8. The summed E-state index contributed by atoms with van der Waals surface area (Å²) >= 11 is 1.48. The van der Waals surface area contributed by atoms with Crippen molar-refractivity contribution in [2.75, 3.05) is 18.8 Å². The van der Waals surface area contributed by atoms with Gasteiger partial charge in [0.15, 0.2) is 0 Å². The van der Waals surface area contributed by atoms with E-state index in [2.05, 4.69) is 4.90 Å². The van der Waals surface area contributed by atoms with Gasteiger partial charge in [0.25, 0.3) is 0 Å². The van der Waals surface area contributed by atoms with E-state index in [0.29, 0.717) is 42.2 Å². The van der Waals surface area contributed by atoms with E-state index >= 15 is 0 Å². The van der Waals surface area contributed by atoms with Gasteiger partial charge in [-0.25, -0.2) is 9.18 Å². The Morgan fingerprint density at radius 1 is 1.22 bits per heavy atom. The molecule has 174 valence electrons. The number of carboxylic acids is 1. The molecule has 1 aromatic rings. The van der Waals surface area contributed by atoms with Crippen LogP contribution < -0.4 is 0 Å². The Hall–Kier alpha value is -1.96. The highest BCUT2D eigenvalue weighted by Gasteiger charge is 2.40. The number of thioether (sulfide) groups is 1. The molecule has 8 heteroatoms. The third-order valence-corrected chi connectivity index (χ3v) is 8.13. The second-order valence-corrected chi connectivity index (χ2v) is 10.1. The number of benzene rings is 1. The average Bonchev–Trinajstić information content (AvgIpc) is 3.34. The highest BCUT2D eigenvalue weighted by atomic mass is 32.2. The lowest BCUT2D eigenvalue weighted by molar-refractivity contribution is -0.140. The molecule has 0 radical (unpaired) electrons. The van der Waals surface area contributed by atoms with E-state index in [9.17, 15) is 27.5 Å². The summed E-state index contributed by atoms with van der Waals surface area (Å²) in [6.07, 6.45) is 5.02. The van der Waals surface area contributed by atoms with Gasteiger partial charge in [0, 0.05) is 13.1 Å². The van der Waals surface area contributed by atoms with Crippen LogP contribution in [0.2, 0.25) is 0 Å². The Morgan fingerprint density at radius 2 is 2.03 bits per heavy atom. The zero-order valence-corrected chi connectivity index (χ0v) is 18.5. The number of carboxylic acid groups (broad SMARTS) is 1. The molecule has 1 aromatic carbocycles. The zero-order chi connectivity index (χ0) is 22.9. The number of fused-ring (bicyclic) bond motifs is 2. The number of hydrogen-bond donors (Lipinski definition) is 1. The van der Waals surface area contributed by atoms with Gasteiger partial charge < -0.3 is 10.0 Å². The van der Waals surface area contributed by atoms with Gasteiger partial charge in [-0.2, -0.15) is 13.2 Å². The van der Waals surface area contributed by atoms with Crippen LogP contribution in [0, 0.1) is 23.6 Å². The fourth-order valence-corrected chi connectivity index (χ4v) is 6.51. The zero-order valence-electron chi connectivity index (χ0n) is 17.7. The van der Waals surface area contributed by atoms with Crippen LogP contribution in [0.25, 0.3) is 0 Å². The van der Waals surface area contributed by atoms with Crippen molar-refractivity contribution in [1.29, 1.82) is 0 Å². The van der Waals surface area contributed by atoms with Crippen molar-refractivity contribution in [3.63, 3.8) is 0 Å². The fraction of sp³-hybridized carbons (Fsp3) is 0.542. The summed E-state index contributed by atoms with van der Waals surface area (Å²) in [6.45, 7) is 1.56. The molecular weight excluding hydrogens is 442 g/mol. The van der Waals surface area contributed by atoms with Gasteiger partial charge in [-0.15, -0.1) is 11.8 Å². The van der Waals surface area contributed by atoms with E-state index in [0.717, 1.165) is 35.5 Å². The van der Waals surface area contributed by atoms with Crippen LogP contribution in [0.4, 0.5) is 17.6 Å². The number of halogens is 4. The van der Waals surface area contributed by atoms with E-state index in [1.807, 2.05) is 6.08 Å². The Labute approximate surface area is 189 Å². The lowest BCUT2D eigenvalue weighted by Gasteiger charge is -2.34. The van der Waals surface area contributed by atoms with Crippen molar-refractivity contribution in [2.45, 2.75) is 44.7 Å². The van der Waals surface area contributed by atoms with Crippen LogP contribution in [-0.2, 0) is 17.4 Å². The minimum absolute atomic E-state index is 0.296. The second-order valence-electron chi connectivity index (χ2n) is 9.03. The van der Waals surface area contributed by atoms with Crippen LogP contribution in [-0.4, -0.2) is 34.8 Å². The Bertz CT molecular complexity index is 927. The minimum atomic E-state index is -4.70. The lowest BCUT2D eigenvalue weighted by atomic mass is 9.88. The van der Waals surface area contributed by atoms with Crippen LogP contribution in [0.15, 0.2) is 41.0 Å². The number of hydrogen-bond acceptors (Lipinski definition) is 3. The molecule has 3 unspecified atom stereocenters. The van der Waals surface area contributed by atoms with Gasteiger partial charge in [-0.1, -0.05) is 18.6 Å². The van der Waals surface area contributed by atoms with Crippen LogP contribution in [0.5, 0.6) is 0 Å². The molecule has 2 saturated carbocycles. The summed E-state index contributed by atoms with van der Waals surface area (Å²) in [5, 5.41) is 10.4. The van der Waals surface area contributed by atoms with Crippen LogP contribution in [0.1, 0.15) is 43.2 Å². The minimum Gasteiger partial charge on any atom is -0.478 e. The standard InChI is InChI=1S/C24H27F4NO2S/c25-21-13-15(6-8-20(21)24(26,27)28)3-2-10-32-22-19(23(30)31)4-1-9-29(22)14-18-12-16-5-7-17(18)11-16/h1,4,6,8,13,16-18H,2-3,5,7,9-12,14H2,(H,30,31). The first kappa shape index (κ1) is 23.2. The van der Waals surface area contributed by atoms with Crippen molar-refractivity contribution in [1.82, 2.24) is 4.90 Å². The van der Waals surface area contributed by atoms with Crippen LogP contribution in [0.3, 0.4) is 0 Å². The van der Waals surface area contributed by atoms with Crippen molar-refractivity contribution < 1.29 is 27.5 Å². The first-order valence-electron chi connectivity index (χ1n) is 11.1. The molecule has 0 saturated heterocycles. The molecule has 0 spiro atoms. The highest BCUT2D eigenvalue weighted by molar-refractivity contribution is 8.03. The van der Waals surface area contributed by atoms with Gasteiger partial charge in [0.2, 0.25) is 0 Å². The van der Waals surface area contributed by atoms with Gasteiger partial charge >= 0.3 is 12.1 Å². The van der Waals surface area contributed by atoms with Gasteiger partial charge in [-0.3, -0.25) is 0 Å². The van der Waals surface area contributed by atoms with E-state index in [-0.39, 0.29) is 0 Å². The Kier molecular flexibility index (Phi) is 6.89. The molecular formula is C24H27F4NO2S. The smallest absolute Gasteiger partial charge is 0.419 e. The second kappa shape index (κ2) is 9.49. The number of rotatable bonds is 8. The molecule has 2 aliphatic carbocycles. The maximum atomic E-state index is 13.8. The molecule has 32 heavy (non-hydrogen) atoms. The predicted octanol–water partition coefficient (Wildman–Crippen LogP) is 6.11. The Balaban J connectivity index is 1.36. The molecule has 2 bridgehead atoms. The van der Waals surface area contributed by atoms with Crippen LogP contribution >= 0.6 is 11.8 Å². The lowest BCUT2D eigenvalue weighted by Crippen LogP contribution is -2.33. The largest absolute Gasteiger partial charge is 0.478 e. The topological polar surface area (TPSA) is 40.5 Å². The summed E-state index contributed by atoms with van der Waals surface area (Å²) in [6, 6.07) is 3.04. The van der Waals surface area contributed by atoms with E-state index in [4.69, 9.17) is 0 Å². The maximum Gasteiger partial charge on any atom is 0.419 e. The number of aryl methyl sites for hydroxylation is 1. The van der Waals surface area contributed by atoms with Gasteiger partial charge in [0.05, 0.1) is 16.2 Å². The summed E-state index contributed by atoms with van der Waals surface area (Å²) in [5.74, 6) is 0.587. The number of carbonyl (C=O) groups is 1. The molecule has 1 aliphatic heterocycles. The first-order chi connectivity index (χ1) is 15.2. The molecule has 0 amide bonds. The highest BCUT2D eigenvalue weighted by Crippen LogP contribution is 2.49. The average molecular weight is 470 g/mol. The monoisotopic (exact) mass is 469 g/mol. The van der Waals surface area contributed by atoms with E-state index in [1.165, 1.54) is 43.5 Å². The summed E-state index contributed by atoms with van der Waals surface area (Å²) in [4.78, 5) is 14.0. The molecule has 0 aromatic heterocycles. The van der Waals surface area contributed by atoms with E-state index < -0.39 is 23.5 Å². The van der Waals surface area contributed by atoms with Crippen molar-refractivity contribution >= 4 is 17.7 Å². The SMILES string of the molecule is O=C(O)C1=C(SCCCc2ccc(C(F)(F)F)c(F)c2)N(CC2CC3CCC2C3)CC=C1. The van der Waals surface area contributed by atoms with Crippen molar-refractivity contribution in [2.24, 2.45) is 17.8 Å². The number of nitrogens with zero attached hydrogens (tertiary/aromatic N) is 1. The molecule has 4 rings (SSSR count). The van der Waals surface area contributed by atoms with E-state index in [1.54, 1.807) is 6.08 Å². The molecule has 3 nitrogen and oxygen atoms in total. The summed E-state index contributed by atoms with van der Waals surface area (Å²) in [5.41, 5.74) is -0.451. The predicted molar refractivity (Wildman–Crippen MR) is 116 cm³/mol. The van der Waals surface area contributed by atoms with Crippen molar-refractivity contribution in [3.05, 3.63) is 57.9 Å². The summed E-state index contributed by atoms with van der Waals surface area (Å²) < 4.78 is 51.9. The van der Waals surface area contributed by atoms with Crippen molar-refractivity contribution in [3.8, 4) is 0 Å². The molecule has 3 aliphatic rings. The molecule has 3 atom stereocenters. The van der Waals surface area contributed by atoms with Gasteiger partial charge in [0.1, 0.15) is 5.82 Å². The summed E-state index contributed by atoms with van der Waals surface area (Å²) in [7, 11) is 0. The molecule has 1 N–H and O–H groups in total. The third-order valence-electron chi connectivity index (χ3n) is 6.89. The molecule has 1 heterocycles. The fourth-order valence-electron chi connectivity index (χ4n) is 5.38. The first-order valence-corrected chi connectivity index (χ1v) is 12.1. The quantitative estimate of drug-likeness (QED) is 0.368. The Morgan fingerprint density at radius 3 is 2.66 bits per heavy atom. The normalized spacial score (nSPS) is 25.1. The number of aliphatic carboxylic acids is 1. The number of alkyl halides is 3. The third kappa shape index (κ3) is 5.16. The molecule has 2 fully saturated rings. The van der Waals surface area contributed by atoms with Gasteiger partial charge in [-0.05, 0) is 79.4 Å².